The molecule has 0 unspecified atom stereocenters. The van der Waals surface area contributed by atoms with Crippen LogP contribution in [0.1, 0.15) is 5.56 Å². The van der Waals surface area contributed by atoms with E-state index in [0.29, 0.717) is 5.75 Å². The maximum absolute atomic E-state index is 11.2. The van der Waals surface area contributed by atoms with Gasteiger partial charge in [0.1, 0.15) is 5.75 Å². The topological polar surface area (TPSA) is 50.4 Å². The van der Waals surface area contributed by atoms with Crippen LogP contribution in [0.15, 0.2) is 53.0 Å². The molecule has 5 heteroatoms. The number of rotatable bonds is 6. The van der Waals surface area contributed by atoms with E-state index < -0.39 is 0 Å². The molecule has 0 fully saturated rings. The van der Waals surface area contributed by atoms with Crippen molar-refractivity contribution < 1.29 is 9.53 Å². The molecule has 0 saturated heterocycles. The van der Waals surface area contributed by atoms with Gasteiger partial charge in [0, 0.05) is 29.8 Å². The minimum atomic E-state index is -0.150. The van der Waals surface area contributed by atoms with E-state index in [0.717, 1.165) is 16.7 Å². The monoisotopic (exact) mass is 348 g/mol. The predicted octanol–water partition coefficient (Wildman–Crippen LogP) is 3.19. The molecule has 21 heavy (non-hydrogen) atoms. The summed E-state index contributed by atoms with van der Waals surface area (Å²) in [4.78, 5) is 11.2. The number of amides is 1. The number of hydrogen-bond acceptors (Lipinski definition) is 3. The standard InChI is InChI=1S/C16H17BrN2O2/c1-18-16(20)11-21-15-4-2-3-14(9-15)19-10-12-5-7-13(17)8-6-12/h2-9,19H,10-11H2,1H3,(H,18,20). The summed E-state index contributed by atoms with van der Waals surface area (Å²) in [6.07, 6.45) is 0. The van der Waals surface area contributed by atoms with Crippen LogP contribution in [0.2, 0.25) is 0 Å². The SMILES string of the molecule is CNC(=O)COc1cccc(NCc2ccc(Br)cc2)c1. The molecule has 110 valence electrons. The van der Waals surface area contributed by atoms with Crippen LogP contribution in [0.5, 0.6) is 5.75 Å². The van der Waals surface area contributed by atoms with Gasteiger partial charge in [-0.15, -0.1) is 0 Å². The number of likely N-dealkylation sites (N-methyl/N-ethyl adjacent to an activating group) is 1. The quantitative estimate of drug-likeness (QED) is 0.842. The minimum Gasteiger partial charge on any atom is -0.484 e. The van der Waals surface area contributed by atoms with E-state index in [1.807, 2.05) is 36.4 Å². The third-order valence-corrected chi connectivity index (χ3v) is 3.42. The van der Waals surface area contributed by atoms with Gasteiger partial charge in [-0.3, -0.25) is 4.79 Å². The van der Waals surface area contributed by atoms with Crippen LogP contribution in [-0.2, 0) is 11.3 Å². The summed E-state index contributed by atoms with van der Waals surface area (Å²) >= 11 is 3.42. The van der Waals surface area contributed by atoms with Crippen molar-refractivity contribution in [2.75, 3.05) is 19.0 Å². The third kappa shape index (κ3) is 5.11. The Labute approximate surface area is 132 Å². The number of carbonyl (C=O) groups is 1. The highest BCUT2D eigenvalue weighted by Gasteiger charge is 2.01. The van der Waals surface area contributed by atoms with Gasteiger partial charge in [-0.1, -0.05) is 34.1 Å². The number of ether oxygens (including phenoxy) is 1. The highest BCUT2D eigenvalue weighted by molar-refractivity contribution is 9.10. The second-order valence-corrected chi connectivity index (χ2v) is 5.39. The molecule has 2 aromatic carbocycles. The highest BCUT2D eigenvalue weighted by atomic mass is 79.9. The lowest BCUT2D eigenvalue weighted by Crippen LogP contribution is -2.24. The van der Waals surface area contributed by atoms with Crippen molar-refractivity contribution in [2.45, 2.75) is 6.54 Å². The molecule has 2 aromatic rings. The highest BCUT2D eigenvalue weighted by Crippen LogP contribution is 2.18. The van der Waals surface area contributed by atoms with E-state index in [2.05, 4.69) is 38.7 Å². The molecule has 0 aliphatic carbocycles. The number of nitrogens with one attached hydrogen (secondary N) is 2. The number of anilines is 1. The summed E-state index contributed by atoms with van der Waals surface area (Å²) in [5.74, 6) is 0.516. The molecule has 0 radical (unpaired) electrons. The normalized spacial score (nSPS) is 10.0. The molecule has 0 atom stereocenters. The van der Waals surface area contributed by atoms with E-state index in [9.17, 15) is 4.79 Å². The van der Waals surface area contributed by atoms with Gasteiger partial charge in [0.15, 0.2) is 6.61 Å². The first-order chi connectivity index (χ1) is 10.2. The van der Waals surface area contributed by atoms with Crippen molar-refractivity contribution in [3.05, 3.63) is 58.6 Å². The lowest BCUT2D eigenvalue weighted by Gasteiger charge is -2.09. The predicted molar refractivity (Wildman–Crippen MR) is 87.5 cm³/mol. The number of benzene rings is 2. The van der Waals surface area contributed by atoms with E-state index in [4.69, 9.17) is 4.74 Å². The van der Waals surface area contributed by atoms with Crippen LogP contribution in [0, 0.1) is 0 Å². The fourth-order valence-corrected chi connectivity index (χ4v) is 1.99. The molecule has 0 spiro atoms. The van der Waals surface area contributed by atoms with Crippen molar-refractivity contribution >= 4 is 27.5 Å². The van der Waals surface area contributed by atoms with E-state index in [1.165, 1.54) is 5.56 Å². The van der Waals surface area contributed by atoms with Gasteiger partial charge in [-0.25, -0.2) is 0 Å². The Kier molecular flexibility index (Phi) is 5.63. The van der Waals surface area contributed by atoms with Gasteiger partial charge in [0.2, 0.25) is 0 Å². The van der Waals surface area contributed by atoms with Gasteiger partial charge >= 0.3 is 0 Å². The molecule has 0 bridgehead atoms. The number of halogens is 1. The van der Waals surface area contributed by atoms with Gasteiger partial charge in [0.05, 0.1) is 0 Å². The zero-order valence-electron chi connectivity index (χ0n) is 11.7. The van der Waals surface area contributed by atoms with Crippen molar-refractivity contribution in [2.24, 2.45) is 0 Å². The van der Waals surface area contributed by atoms with Gasteiger partial charge < -0.3 is 15.4 Å². The zero-order valence-corrected chi connectivity index (χ0v) is 13.3. The fourth-order valence-electron chi connectivity index (χ4n) is 1.72. The van der Waals surface area contributed by atoms with Crippen LogP contribution < -0.4 is 15.4 Å². The van der Waals surface area contributed by atoms with Gasteiger partial charge in [-0.2, -0.15) is 0 Å². The van der Waals surface area contributed by atoms with E-state index in [-0.39, 0.29) is 12.5 Å². The van der Waals surface area contributed by atoms with Crippen molar-refractivity contribution in [3.63, 3.8) is 0 Å². The first-order valence-corrected chi connectivity index (χ1v) is 7.38. The van der Waals surface area contributed by atoms with E-state index >= 15 is 0 Å². The smallest absolute Gasteiger partial charge is 0.257 e. The summed E-state index contributed by atoms with van der Waals surface area (Å²) < 4.78 is 6.47. The Bertz CT molecular complexity index is 599. The van der Waals surface area contributed by atoms with Crippen LogP contribution >= 0.6 is 15.9 Å². The molecule has 0 aromatic heterocycles. The lowest BCUT2D eigenvalue weighted by atomic mass is 10.2. The first-order valence-electron chi connectivity index (χ1n) is 6.59. The molecule has 1 amide bonds. The average molecular weight is 349 g/mol. The minimum absolute atomic E-state index is 0.0205. The van der Waals surface area contributed by atoms with Crippen molar-refractivity contribution in [3.8, 4) is 5.75 Å². The molecule has 2 N–H and O–H groups in total. The fraction of sp³-hybridized carbons (Fsp3) is 0.188. The summed E-state index contributed by atoms with van der Waals surface area (Å²) in [6, 6.07) is 15.7. The summed E-state index contributed by atoms with van der Waals surface area (Å²) in [7, 11) is 1.59. The van der Waals surface area contributed by atoms with Crippen LogP contribution in [0.3, 0.4) is 0 Å². The maximum Gasteiger partial charge on any atom is 0.257 e. The zero-order chi connectivity index (χ0) is 15.1. The molecule has 0 saturated carbocycles. The second kappa shape index (κ2) is 7.69. The molecular weight excluding hydrogens is 332 g/mol. The maximum atomic E-state index is 11.2. The van der Waals surface area contributed by atoms with Crippen molar-refractivity contribution in [1.29, 1.82) is 0 Å². The summed E-state index contributed by atoms with van der Waals surface area (Å²) in [5, 5.41) is 5.84. The molecule has 2 rings (SSSR count). The lowest BCUT2D eigenvalue weighted by molar-refractivity contribution is -0.122. The summed E-state index contributed by atoms with van der Waals surface area (Å²) in [6.45, 7) is 0.749. The van der Waals surface area contributed by atoms with Crippen LogP contribution in [0.25, 0.3) is 0 Å². The third-order valence-electron chi connectivity index (χ3n) is 2.89. The summed E-state index contributed by atoms with van der Waals surface area (Å²) in [5.41, 5.74) is 2.14. The van der Waals surface area contributed by atoms with Crippen molar-refractivity contribution in [1.82, 2.24) is 5.32 Å². The Morgan fingerprint density at radius 1 is 1.19 bits per heavy atom. The first kappa shape index (κ1) is 15.4. The van der Waals surface area contributed by atoms with Crippen LogP contribution in [-0.4, -0.2) is 19.6 Å². The van der Waals surface area contributed by atoms with Gasteiger partial charge in [-0.05, 0) is 29.8 Å². The second-order valence-electron chi connectivity index (χ2n) is 4.47. The van der Waals surface area contributed by atoms with Gasteiger partial charge in [0.25, 0.3) is 5.91 Å². The largest absolute Gasteiger partial charge is 0.484 e. The van der Waals surface area contributed by atoms with E-state index in [1.54, 1.807) is 7.05 Å². The molecular formula is C16H17BrN2O2. The average Bonchev–Trinajstić information content (AvgIpc) is 2.52. The Hall–Kier alpha value is -2.01. The Morgan fingerprint density at radius 2 is 1.95 bits per heavy atom. The number of hydrogen-bond donors (Lipinski definition) is 2. The molecule has 0 aliphatic heterocycles. The number of carbonyl (C=O) groups excluding carboxylic acids is 1. The molecule has 0 heterocycles. The molecule has 0 aliphatic rings. The Morgan fingerprint density at radius 3 is 2.67 bits per heavy atom. The molecule has 4 nitrogen and oxygen atoms in total. The Balaban J connectivity index is 1.91. The van der Waals surface area contributed by atoms with Crippen LogP contribution in [0.4, 0.5) is 5.69 Å².